The summed E-state index contributed by atoms with van der Waals surface area (Å²) in [5, 5.41) is 7.25. The molecule has 0 saturated carbocycles. The number of rotatable bonds is 5. The first-order chi connectivity index (χ1) is 31.3. The number of anilines is 6. The number of nitrogens with zero attached hydrogens (tertiary/aromatic N) is 3. The van der Waals surface area contributed by atoms with E-state index in [0.29, 0.717) is 0 Å². The van der Waals surface area contributed by atoms with Crippen molar-refractivity contribution in [2.75, 3.05) is 9.80 Å². The molecule has 292 valence electrons. The summed E-state index contributed by atoms with van der Waals surface area (Å²) in [5.41, 5.74) is 18.2. The fourth-order valence-corrected chi connectivity index (χ4v) is 10.8. The Morgan fingerprint density at radius 2 is 1.08 bits per heavy atom. The van der Waals surface area contributed by atoms with Gasteiger partial charge in [0.1, 0.15) is 5.58 Å². The third-order valence-electron chi connectivity index (χ3n) is 13.5. The average molecular weight is 802 g/mol. The number of hydrogen-bond donors (Lipinski definition) is 0. The van der Waals surface area contributed by atoms with Gasteiger partial charge in [0.05, 0.1) is 5.69 Å². The molecular weight excluding hydrogens is 765 g/mol. The summed E-state index contributed by atoms with van der Waals surface area (Å²) < 4.78 is 9.58. The largest absolute Gasteiger partial charge is 0.454 e. The second-order valence-corrected chi connectivity index (χ2v) is 16.9. The molecule has 0 spiro atoms. The normalized spacial score (nSPS) is 12.7. The Labute approximate surface area is 364 Å². The summed E-state index contributed by atoms with van der Waals surface area (Å²) in [6, 6.07) is 79.8. The Morgan fingerprint density at radius 1 is 0.413 bits per heavy atom. The minimum atomic E-state index is -0.118. The van der Waals surface area contributed by atoms with Crippen molar-refractivity contribution < 1.29 is 4.42 Å². The van der Waals surface area contributed by atoms with Crippen LogP contribution in [0.3, 0.4) is 0 Å². The molecule has 14 rings (SSSR count). The van der Waals surface area contributed by atoms with Gasteiger partial charge in [-0.1, -0.05) is 146 Å². The van der Waals surface area contributed by atoms with Crippen molar-refractivity contribution in [2.45, 2.75) is 0 Å². The number of para-hydroxylation sites is 5. The van der Waals surface area contributed by atoms with E-state index in [-0.39, 0.29) is 6.85 Å². The lowest BCUT2D eigenvalue weighted by Crippen LogP contribution is -2.56. The van der Waals surface area contributed by atoms with Crippen molar-refractivity contribution in [1.82, 2.24) is 4.48 Å². The molecule has 63 heavy (non-hydrogen) atoms. The van der Waals surface area contributed by atoms with E-state index in [0.717, 1.165) is 56.1 Å². The zero-order chi connectivity index (χ0) is 41.2. The van der Waals surface area contributed by atoms with E-state index in [9.17, 15) is 0 Å². The van der Waals surface area contributed by atoms with E-state index in [1.807, 2.05) is 0 Å². The van der Waals surface area contributed by atoms with E-state index < -0.39 is 0 Å². The number of hydrogen-bond acceptors (Lipinski definition) is 3. The van der Waals surface area contributed by atoms with Gasteiger partial charge in [-0.05, 0) is 111 Å². The zero-order valence-electron chi connectivity index (χ0n) is 34.1. The Morgan fingerprint density at radius 3 is 1.87 bits per heavy atom. The van der Waals surface area contributed by atoms with Crippen molar-refractivity contribution in [2.24, 2.45) is 0 Å². The Bertz CT molecular complexity index is 3780. The summed E-state index contributed by atoms with van der Waals surface area (Å²) in [5.74, 6) is 0. The monoisotopic (exact) mass is 801 g/mol. The molecule has 2 aliphatic heterocycles. The van der Waals surface area contributed by atoms with Gasteiger partial charge in [-0.3, -0.25) is 0 Å². The fraction of sp³-hybridized carbons (Fsp3) is 0. The number of fused-ring (bicyclic) bond motifs is 11. The van der Waals surface area contributed by atoms with Gasteiger partial charge in [0.2, 0.25) is 0 Å². The molecule has 0 unspecified atom stereocenters. The highest BCUT2D eigenvalue weighted by molar-refractivity contribution is 6.90. The van der Waals surface area contributed by atoms with Crippen LogP contribution in [-0.4, -0.2) is 11.3 Å². The van der Waals surface area contributed by atoms with Crippen molar-refractivity contribution in [3.8, 4) is 22.3 Å². The molecule has 0 amide bonds. The number of benzene rings is 10. The van der Waals surface area contributed by atoms with Crippen LogP contribution in [0.5, 0.6) is 0 Å². The molecule has 12 aromatic rings. The van der Waals surface area contributed by atoms with E-state index in [1.54, 1.807) is 0 Å². The molecular formula is C58H36BN3O. The Kier molecular flexibility index (Phi) is 7.17. The van der Waals surface area contributed by atoms with Crippen LogP contribution in [0.25, 0.3) is 76.8 Å². The first kappa shape index (κ1) is 34.4. The molecule has 2 aliphatic rings. The topological polar surface area (TPSA) is 24.6 Å². The van der Waals surface area contributed by atoms with Gasteiger partial charge in [0.25, 0.3) is 0 Å². The van der Waals surface area contributed by atoms with Gasteiger partial charge in [0, 0.05) is 66.6 Å². The fourth-order valence-electron chi connectivity index (χ4n) is 10.8. The zero-order valence-corrected chi connectivity index (χ0v) is 34.1. The van der Waals surface area contributed by atoms with Crippen LogP contribution in [0.15, 0.2) is 223 Å². The van der Waals surface area contributed by atoms with Gasteiger partial charge in [0.15, 0.2) is 5.58 Å². The van der Waals surface area contributed by atoms with Crippen LogP contribution in [0.4, 0.5) is 34.1 Å². The van der Waals surface area contributed by atoms with Crippen LogP contribution < -0.4 is 20.7 Å². The summed E-state index contributed by atoms with van der Waals surface area (Å²) in [4.78, 5) is 4.87. The maximum absolute atomic E-state index is 6.93. The molecule has 0 aliphatic carbocycles. The highest BCUT2D eigenvalue weighted by atomic mass is 16.3. The maximum atomic E-state index is 6.93. The maximum Gasteiger partial charge on any atom is 0.333 e. The minimum Gasteiger partial charge on any atom is -0.454 e. The van der Waals surface area contributed by atoms with Crippen LogP contribution in [0, 0.1) is 0 Å². The highest BCUT2D eigenvalue weighted by Crippen LogP contribution is 2.50. The third kappa shape index (κ3) is 4.93. The molecule has 2 aromatic heterocycles. The Balaban J connectivity index is 1.14. The predicted octanol–water partition coefficient (Wildman–Crippen LogP) is 14.4. The van der Waals surface area contributed by atoms with Crippen LogP contribution in [0.1, 0.15) is 0 Å². The van der Waals surface area contributed by atoms with Gasteiger partial charge < -0.3 is 18.7 Å². The quantitative estimate of drug-likeness (QED) is 0.162. The van der Waals surface area contributed by atoms with Crippen molar-refractivity contribution in [1.29, 1.82) is 0 Å². The highest BCUT2D eigenvalue weighted by Gasteiger charge is 2.44. The summed E-state index contributed by atoms with van der Waals surface area (Å²) in [6.07, 6.45) is 0. The van der Waals surface area contributed by atoms with Gasteiger partial charge in [-0.25, -0.2) is 0 Å². The summed E-state index contributed by atoms with van der Waals surface area (Å²) in [6.45, 7) is -0.118. The van der Waals surface area contributed by atoms with Gasteiger partial charge in [-0.15, -0.1) is 0 Å². The molecule has 0 fully saturated rings. The standard InChI is InChI=1S/C58H36BN3O/c1-4-16-37(17-5-1)40-33-49-46-26-14-25-45-48-32-38-18-10-11-19-39(38)34-52(48)62(57(45)46)59-50-31-30-43(60(41-20-6-2-7-21-41)42-22-8-3-9-23-42)36-53(50)61(54(35-40)56(49)59)51-28-15-27-47-44-24-12-13-29-55(44)63-58(47)51/h1-36H. The molecule has 0 bridgehead atoms. The lowest BCUT2D eigenvalue weighted by molar-refractivity contribution is 0.669. The third-order valence-corrected chi connectivity index (χ3v) is 13.5. The van der Waals surface area contributed by atoms with E-state index in [4.69, 9.17) is 4.42 Å². The van der Waals surface area contributed by atoms with Crippen LogP contribution >= 0.6 is 0 Å². The lowest BCUT2D eigenvalue weighted by Gasteiger charge is -2.41. The second-order valence-electron chi connectivity index (χ2n) is 16.9. The van der Waals surface area contributed by atoms with Gasteiger partial charge >= 0.3 is 6.85 Å². The first-order valence-corrected chi connectivity index (χ1v) is 21.7. The molecule has 4 heterocycles. The first-order valence-electron chi connectivity index (χ1n) is 21.7. The molecule has 4 nitrogen and oxygen atoms in total. The van der Waals surface area contributed by atoms with E-state index in [2.05, 4.69) is 233 Å². The Hall–Kier alpha value is -8.28. The number of aromatic nitrogens is 1. The molecule has 10 aromatic carbocycles. The molecule has 0 radical (unpaired) electrons. The summed E-state index contributed by atoms with van der Waals surface area (Å²) >= 11 is 0. The molecule has 5 heteroatoms. The van der Waals surface area contributed by atoms with Crippen LogP contribution in [-0.2, 0) is 0 Å². The predicted molar refractivity (Wildman–Crippen MR) is 265 cm³/mol. The summed E-state index contributed by atoms with van der Waals surface area (Å²) in [7, 11) is 0. The number of furan rings is 1. The molecule has 0 saturated heterocycles. The van der Waals surface area contributed by atoms with E-state index in [1.165, 1.54) is 65.8 Å². The van der Waals surface area contributed by atoms with Gasteiger partial charge in [-0.2, -0.15) is 0 Å². The molecule has 0 atom stereocenters. The van der Waals surface area contributed by atoms with Crippen molar-refractivity contribution in [3.05, 3.63) is 218 Å². The van der Waals surface area contributed by atoms with Crippen molar-refractivity contribution in [3.63, 3.8) is 0 Å². The van der Waals surface area contributed by atoms with E-state index >= 15 is 0 Å². The lowest BCUT2D eigenvalue weighted by atomic mass is 9.45. The van der Waals surface area contributed by atoms with Crippen LogP contribution in [0.2, 0.25) is 0 Å². The minimum absolute atomic E-state index is 0.118. The smallest absolute Gasteiger partial charge is 0.333 e. The molecule has 0 N–H and O–H groups in total. The van der Waals surface area contributed by atoms with Crippen molar-refractivity contribution >= 4 is 106 Å². The average Bonchev–Trinajstić information content (AvgIpc) is 3.89. The SMILES string of the molecule is c1ccc(-c2cc3c4c(c2)N(c2cccc5c2oc2ccccc25)c2cc(N(c5ccccc5)c5ccccc5)ccc2B4n2c4cc5ccccc5cc4c4cccc-3c42)cc1. The second kappa shape index (κ2) is 13.1.